The van der Waals surface area contributed by atoms with Gasteiger partial charge in [0.05, 0.1) is 11.1 Å². The van der Waals surface area contributed by atoms with E-state index in [9.17, 15) is 13.6 Å². The molecule has 0 atom stereocenters. The van der Waals surface area contributed by atoms with Crippen LogP contribution in [0.5, 0.6) is 0 Å². The minimum Gasteiger partial charge on any atom is -0.478 e. The number of ether oxygens (including phenoxy) is 1. The lowest BCUT2D eigenvalue weighted by Crippen LogP contribution is -2.29. The summed E-state index contributed by atoms with van der Waals surface area (Å²) in [5.74, 6) is -1.05. The van der Waals surface area contributed by atoms with Crippen molar-refractivity contribution in [3.8, 4) is 0 Å². The zero-order chi connectivity index (χ0) is 16.8. The van der Waals surface area contributed by atoms with Gasteiger partial charge < -0.3 is 4.74 Å². The Labute approximate surface area is 138 Å². The molecule has 0 N–H and O–H groups in total. The second-order valence-electron chi connectivity index (χ2n) is 5.82. The van der Waals surface area contributed by atoms with E-state index in [0.717, 1.165) is 0 Å². The summed E-state index contributed by atoms with van der Waals surface area (Å²) < 4.78 is 33.2. The minimum absolute atomic E-state index is 0.164. The molecule has 3 rings (SSSR count). The Morgan fingerprint density at radius 2 is 1.70 bits per heavy atom. The lowest BCUT2D eigenvalue weighted by molar-refractivity contribution is -0.125. The number of hydrogen-bond donors (Lipinski definition) is 1. The lowest BCUT2D eigenvalue weighted by atomic mass is 9.92. The highest BCUT2D eigenvalue weighted by molar-refractivity contribution is 7.80. The quantitative estimate of drug-likeness (QED) is 0.820. The predicted molar refractivity (Wildman–Crippen MR) is 87.0 cm³/mol. The van der Waals surface area contributed by atoms with Crippen molar-refractivity contribution >= 4 is 29.7 Å². The molecule has 1 heterocycles. The summed E-state index contributed by atoms with van der Waals surface area (Å²) in [5, 5.41) is 0. The monoisotopic (exact) mass is 332 g/mol. The maximum Gasteiger partial charge on any atom is 0.210 e. The smallest absolute Gasteiger partial charge is 0.210 e. The Morgan fingerprint density at radius 3 is 2.30 bits per heavy atom. The van der Waals surface area contributed by atoms with Crippen molar-refractivity contribution in [2.75, 3.05) is 0 Å². The Bertz CT molecular complexity index is 823. The highest BCUT2D eigenvalue weighted by atomic mass is 32.1. The maximum absolute atomic E-state index is 14.3. The zero-order valence-corrected chi connectivity index (χ0v) is 13.5. The molecule has 0 radical (unpaired) electrons. The van der Waals surface area contributed by atoms with Gasteiger partial charge in [-0.05, 0) is 49.7 Å². The number of benzene rings is 2. The lowest BCUT2D eigenvalue weighted by Gasteiger charge is -2.18. The average molecular weight is 332 g/mol. The first-order valence-corrected chi connectivity index (χ1v) is 7.47. The number of carbonyl (C=O) groups is 1. The van der Waals surface area contributed by atoms with E-state index in [0.29, 0.717) is 10.5 Å². The van der Waals surface area contributed by atoms with Crippen LogP contribution in [0.25, 0.3) is 11.3 Å². The van der Waals surface area contributed by atoms with E-state index in [-0.39, 0.29) is 22.7 Å². The fourth-order valence-corrected chi connectivity index (χ4v) is 2.70. The molecule has 0 unspecified atom stereocenters. The highest BCUT2D eigenvalue weighted by Gasteiger charge is 2.43. The number of hydrogen-bond acceptors (Lipinski definition) is 3. The minimum atomic E-state index is -1.11. The molecular weight excluding hydrogens is 318 g/mol. The molecule has 0 fully saturated rings. The van der Waals surface area contributed by atoms with Crippen LogP contribution in [0.4, 0.5) is 8.78 Å². The van der Waals surface area contributed by atoms with Crippen LogP contribution in [0.2, 0.25) is 0 Å². The van der Waals surface area contributed by atoms with Gasteiger partial charge in [-0.15, -0.1) is 12.6 Å². The predicted octanol–water partition coefficient (Wildman–Crippen LogP) is 4.50. The summed E-state index contributed by atoms with van der Waals surface area (Å²) in [4.78, 5) is 13.1. The van der Waals surface area contributed by atoms with Crippen LogP contribution in [-0.2, 0) is 9.53 Å². The van der Waals surface area contributed by atoms with Gasteiger partial charge >= 0.3 is 0 Å². The molecule has 1 aliphatic rings. The summed E-state index contributed by atoms with van der Waals surface area (Å²) >= 11 is 4.09. The molecule has 0 spiro atoms. The van der Waals surface area contributed by atoms with Gasteiger partial charge in [0.1, 0.15) is 17.4 Å². The summed E-state index contributed by atoms with van der Waals surface area (Å²) in [6.45, 7) is 3.24. The van der Waals surface area contributed by atoms with Gasteiger partial charge in [0.15, 0.2) is 5.60 Å². The standard InChI is InChI=1S/C18H14F2O2S/c1-18(2)17(21)15(10-3-5-11(19)6-4-10)16(22-18)13-8-7-12(23)9-14(13)20/h3-9,23H,1-2H3. The first-order valence-electron chi connectivity index (χ1n) is 7.02. The first kappa shape index (κ1) is 15.7. The van der Waals surface area contributed by atoms with E-state index in [1.165, 1.54) is 36.4 Å². The molecule has 0 bridgehead atoms. The third-order valence-corrected chi connectivity index (χ3v) is 3.97. The molecule has 23 heavy (non-hydrogen) atoms. The van der Waals surface area contributed by atoms with E-state index in [1.54, 1.807) is 19.9 Å². The normalized spacial score (nSPS) is 16.7. The van der Waals surface area contributed by atoms with Gasteiger partial charge in [0, 0.05) is 4.90 Å². The molecular formula is C18H14F2O2S. The van der Waals surface area contributed by atoms with Gasteiger partial charge in [-0.3, -0.25) is 4.79 Å². The Kier molecular flexibility index (Phi) is 3.76. The van der Waals surface area contributed by atoms with Gasteiger partial charge in [0.2, 0.25) is 5.78 Å². The molecule has 2 aromatic carbocycles. The Balaban J connectivity index is 2.23. The third-order valence-electron chi connectivity index (χ3n) is 3.69. The molecule has 0 aromatic heterocycles. The zero-order valence-electron chi connectivity index (χ0n) is 12.6. The van der Waals surface area contributed by atoms with Crippen molar-refractivity contribution < 1.29 is 18.3 Å². The summed E-state index contributed by atoms with van der Waals surface area (Å²) in [5.41, 5.74) is -0.182. The SMILES string of the molecule is CC1(C)OC(c2ccc(S)cc2F)=C(c2ccc(F)cc2)C1=O. The van der Waals surface area contributed by atoms with Gasteiger partial charge in [-0.2, -0.15) is 0 Å². The molecule has 1 aliphatic heterocycles. The number of carbonyl (C=O) groups excluding carboxylic acids is 1. The Morgan fingerprint density at radius 1 is 1.04 bits per heavy atom. The van der Waals surface area contributed by atoms with E-state index in [2.05, 4.69) is 12.6 Å². The second-order valence-corrected chi connectivity index (χ2v) is 6.33. The molecule has 2 aromatic rings. The number of ketones is 1. The third kappa shape index (κ3) is 2.77. The Hall–Kier alpha value is -2.14. The van der Waals surface area contributed by atoms with E-state index >= 15 is 0 Å². The highest BCUT2D eigenvalue weighted by Crippen LogP contribution is 2.42. The molecule has 0 saturated heterocycles. The van der Waals surface area contributed by atoms with Gasteiger partial charge in [-0.1, -0.05) is 12.1 Å². The maximum atomic E-state index is 14.3. The number of thiol groups is 1. The van der Waals surface area contributed by atoms with Crippen LogP contribution < -0.4 is 0 Å². The second kappa shape index (κ2) is 5.49. The molecule has 118 valence electrons. The van der Waals surface area contributed by atoms with E-state index < -0.39 is 17.2 Å². The number of halogens is 2. The van der Waals surface area contributed by atoms with Crippen molar-refractivity contribution in [2.45, 2.75) is 24.3 Å². The van der Waals surface area contributed by atoms with E-state index in [4.69, 9.17) is 4.74 Å². The molecule has 5 heteroatoms. The summed E-state index contributed by atoms with van der Waals surface area (Å²) in [7, 11) is 0. The number of rotatable bonds is 2. The first-order chi connectivity index (χ1) is 10.8. The fraction of sp³-hybridized carbons (Fsp3) is 0.167. The molecule has 0 saturated carbocycles. The summed E-state index contributed by atoms with van der Waals surface area (Å²) in [6.07, 6.45) is 0. The van der Waals surface area contributed by atoms with Gasteiger partial charge in [0.25, 0.3) is 0 Å². The fourth-order valence-electron chi connectivity index (χ4n) is 2.51. The van der Waals surface area contributed by atoms with Crippen LogP contribution in [-0.4, -0.2) is 11.4 Å². The van der Waals surface area contributed by atoms with Crippen LogP contribution in [0.3, 0.4) is 0 Å². The molecule has 0 aliphatic carbocycles. The van der Waals surface area contributed by atoms with Crippen molar-refractivity contribution in [1.29, 1.82) is 0 Å². The molecule has 2 nitrogen and oxygen atoms in total. The topological polar surface area (TPSA) is 26.3 Å². The van der Waals surface area contributed by atoms with Crippen LogP contribution >= 0.6 is 12.6 Å². The average Bonchev–Trinajstić information content (AvgIpc) is 2.71. The molecule has 0 amide bonds. The van der Waals surface area contributed by atoms with E-state index in [1.807, 2.05) is 0 Å². The van der Waals surface area contributed by atoms with Crippen molar-refractivity contribution in [2.24, 2.45) is 0 Å². The van der Waals surface area contributed by atoms with Crippen molar-refractivity contribution in [3.05, 3.63) is 65.2 Å². The summed E-state index contributed by atoms with van der Waals surface area (Å²) in [6, 6.07) is 9.88. The number of Topliss-reactive ketones (excluding diaryl/α,β-unsaturated/α-hetero) is 1. The van der Waals surface area contributed by atoms with Crippen LogP contribution in [0.1, 0.15) is 25.0 Å². The van der Waals surface area contributed by atoms with Crippen molar-refractivity contribution in [1.82, 2.24) is 0 Å². The van der Waals surface area contributed by atoms with Crippen molar-refractivity contribution in [3.63, 3.8) is 0 Å². The van der Waals surface area contributed by atoms with Crippen LogP contribution in [0.15, 0.2) is 47.4 Å². The largest absolute Gasteiger partial charge is 0.478 e. The van der Waals surface area contributed by atoms with Crippen LogP contribution in [0, 0.1) is 11.6 Å². The van der Waals surface area contributed by atoms with Gasteiger partial charge in [-0.25, -0.2) is 8.78 Å².